The molecule has 1 aliphatic rings. The summed E-state index contributed by atoms with van der Waals surface area (Å²) in [5.41, 5.74) is 3.20. The van der Waals surface area contributed by atoms with Gasteiger partial charge in [-0.2, -0.15) is 0 Å². The summed E-state index contributed by atoms with van der Waals surface area (Å²) in [7, 11) is 0. The summed E-state index contributed by atoms with van der Waals surface area (Å²) in [6.45, 7) is 8.37. The van der Waals surface area contributed by atoms with E-state index in [4.69, 9.17) is 29.2 Å². The molecule has 0 saturated heterocycles. The van der Waals surface area contributed by atoms with Crippen molar-refractivity contribution in [1.29, 1.82) is 0 Å². The Morgan fingerprint density at radius 3 is 1.73 bits per heavy atom. The highest BCUT2D eigenvalue weighted by atomic mass is 16.6. The molecule has 1 aliphatic carbocycles. The van der Waals surface area contributed by atoms with Crippen LogP contribution in [0.25, 0.3) is 11.1 Å². The van der Waals surface area contributed by atoms with Crippen molar-refractivity contribution < 1.29 is 38.7 Å². The number of ether oxygens (including phenoxy) is 4. The second-order valence-electron chi connectivity index (χ2n) is 10.3. The number of hydrogen-bond donors (Lipinski definition) is 2. The molecule has 2 aromatic carbocycles. The molecule has 2 N–H and O–H groups in total. The summed E-state index contributed by atoms with van der Waals surface area (Å²) in [5, 5.41) is 18.0. The van der Waals surface area contributed by atoms with Gasteiger partial charge in [-0.05, 0) is 66.3 Å². The van der Waals surface area contributed by atoms with Gasteiger partial charge in [0, 0.05) is 6.07 Å². The predicted molar refractivity (Wildman–Crippen MR) is 157 cm³/mol. The molecule has 222 valence electrons. The first kappa shape index (κ1) is 31.9. The van der Waals surface area contributed by atoms with Gasteiger partial charge in [-0.1, -0.05) is 57.2 Å². The standard InChI is InChI=1S/C33H42O8/c1-4-5-25-6-8-26(9-7-25)27-10-12-28(13-11-27)29-18-30(38-14-16-40-32(36)23(2)21-34)20-31(19-29)39-15-17-41-33(37)24(3)22-35/h10-13,18-20,25-26,34-35H,2-9,14-17,21-22H2,1H3. The quantitative estimate of drug-likeness (QED) is 0.159. The van der Waals surface area contributed by atoms with Crippen LogP contribution in [0.5, 0.6) is 11.5 Å². The molecule has 41 heavy (non-hydrogen) atoms. The summed E-state index contributed by atoms with van der Waals surface area (Å²) in [4.78, 5) is 23.4. The molecule has 0 atom stereocenters. The number of carbonyl (C=O) groups is 2. The fourth-order valence-electron chi connectivity index (χ4n) is 4.97. The molecule has 2 aromatic rings. The minimum Gasteiger partial charge on any atom is -0.490 e. The highest BCUT2D eigenvalue weighted by Gasteiger charge is 2.22. The van der Waals surface area contributed by atoms with Crippen LogP contribution in [0.1, 0.15) is 56.9 Å². The van der Waals surface area contributed by atoms with Crippen LogP contribution in [0.4, 0.5) is 0 Å². The van der Waals surface area contributed by atoms with Crippen molar-refractivity contribution in [3.8, 4) is 22.6 Å². The molecular formula is C33H42O8. The van der Waals surface area contributed by atoms with Crippen LogP contribution < -0.4 is 9.47 Å². The van der Waals surface area contributed by atoms with Gasteiger partial charge in [-0.25, -0.2) is 9.59 Å². The van der Waals surface area contributed by atoms with E-state index in [9.17, 15) is 9.59 Å². The summed E-state index contributed by atoms with van der Waals surface area (Å²) >= 11 is 0. The Morgan fingerprint density at radius 1 is 0.756 bits per heavy atom. The number of carbonyl (C=O) groups excluding carboxylic acids is 2. The minimum atomic E-state index is -0.675. The zero-order chi connectivity index (χ0) is 29.6. The van der Waals surface area contributed by atoms with Crippen LogP contribution in [-0.2, 0) is 19.1 Å². The van der Waals surface area contributed by atoms with E-state index in [0.717, 1.165) is 17.0 Å². The van der Waals surface area contributed by atoms with E-state index in [1.54, 1.807) is 6.07 Å². The third-order valence-electron chi connectivity index (χ3n) is 7.27. The van der Waals surface area contributed by atoms with E-state index in [1.165, 1.54) is 44.1 Å². The summed E-state index contributed by atoms with van der Waals surface area (Å²) < 4.78 is 21.8. The van der Waals surface area contributed by atoms with E-state index < -0.39 is 25.2 Å². The van der Waals surface area contributed by atoms with E-state index in [1.807, 2.05) is 12.1 Å². The molecule has 0 radical (unpaired) electrons. The Morgan fingerprint density at radius 2 is 1.27 bits per heavy atom. The van der Waals surface area contributed by atoms with Gasteiger partial charge in [0.15, 0.2) is 0 Å². The lowest BCUT2D eigenvalue weighted by molar-refractivity contribution is -0.141. The Labute approximate surface area is 242 Å². The maximum absolute atomic E-state index is 11.7. The van der Waals surface area contributed by atoms with E-state index in [0.29, 0.717) is 17.4 Å². The normalized spacial score (nSPS) is 16.5. The van der Waals surface area contributed by atoms with Crippen LogP contribution in [0.2, 0.25) is 0 Å². The molecule has 0 aliphatic heterocycles. The lowest BCUT2D eigenvalue weighted by atomic mass is 9.77. The zero-order valence-corrected chi connectivity index (χ0v) is 23.9. The second kappa shape index (κ2) is 16.6. The maximum atomic E-state index is 11.7. The minimum absolute atomic E-state index is 0.0157. The number of aliphatic hydroxyl groups is 2. The molecule has 0 amide bonds. The van der Waals surface area contributed by atoms with Gasteiger partial charge in [0.25, 0.3) is 0 Å². The first-order valence-corrected chi connectivity index (χ1v) is 14.3. The Bertz CT molecular complexity index is 1110. The molecule has 0 bridgehead atoms. The van der Waals surface area contributed by atoms with Crippen molar-refractivity contribution in [2.75, 3.05) is 39.6 Å². The molecule has 8 heteroatoms. The molecular weight excluding hydrogens is 524 g/mol. The summed E-state index contributed by atoms with van der Waals surface area (Å²) in [6, 6.07) is 14.1. The fourth-order valence-corrected chi connectivity index (χ4v) is 4.97. The van der Waals surface area contributed by atoms with Gasteiger partial charge in [-0.15, -0.1) is 0 Å². The first-order valence-electron chi connectivity index (χ1n) is 14.3. The first-order chi connectivity index (χ1) is 19.8. The predicted octanol–water partition coefficient (Wildman–Crippen LogP) is 5.37. The van der Waals surface area contributed by atoms with Crippen LogP contribution in [0.15, 0.2) is 66.8 Å². The van der Waals surface area contributed by atoms with Crippen molar-refractivity contribution >= 4 is 11.9 Å². The third kappa shape index (κ3) is 10.1. The average molecular weight is 567 g/mol. The van der Waals surface area contributed by atoms with Crippen molar-refractivity contribution in [3.05, 3.63) is 72.3 Å². The number of hydrogen-bond acceptors (Lipinski definition) is 8. The molecule has 0 aromatic heterocycles. The van der Waals surface area contributed by atoms with Gasteiger partial charge in [-0.3, -0.25) is 0 Å². The molecule has 0 heterocycles. The zero-order valence-electron chi connectivity index (χ0n) is 23.9. The SMILES string of the molecule is C=C(CO)C(=O)OCCOc1cc(OCCOC(=O)C(=C)CO)cc(-c2ccc(C3CCC(CCC)CC3)cc2)c1. The van der Waals surface area contributed by atoms with E-state index in [-0.39, 0.29) is 37.6 Å². The monoisotopic (exact) mass is 566 g/mol. The largest absolute Gasteiger partial charge is 0.490 e. The van der Waals surface area contributed by atoms with Crippen LogP contribution in [0, 0.1) is 5.92 Å². The summed E-state index contributed by atoms with van der Waals surface area (Å²) in [5.74, 6) is 1.14. The molecule has 1 fully saturated rings. The topological polar surface area (TPSA) is 112 Å². The number of esters is 2. The number of rotatable bonds is 16. The highest BCUT2D eigenvalue weighted by molar-refractivity contribution is 5.88. The van der Waals surface area contributed by atoms with Crippen molar-refractivity contribution in [3.63, 3.8) is 0 Å². The average Bonchev–Trinajstić information content (AvgIpc) is 3.00. The van der Waals surface area contributed by atoms with Crippen LogP contribution in [0.3, 0.4) is 0 Å². The van der Waals surface area contributed by atoms with Crippen molar-refractivity contribution in [2.24, 2.45) is 5.92 Å². The van der Waals surface area contributed by atoms with Crippen molar-refractivity contribution in [2.45, 2.75) is 51.4 Å². The van der Waals surface area contributed by atoms with Gasteiger partial charge >= 0.3 is 11.9 Å². The molecule has 0 unspecified atom stereocenters. The van der Waals surface area contributed by atoms with Crippen LogP contribution >= 0.6 is 0 Å². The fraction of sp³-hybridized carbons (Fsp3) is 0.455. The highest BCUT2D eigenvalue weighted by Crippen LogP contribution is 2.38. The molecule has 0 spiro atoms. The molecule has 3 rings (SSSR count). The second-order valence-corrected chi connectivity index (χ2v) is 10.3. The Balaban J connectivity index is 1.67. The lowest BCUT2D eigenvalue weighted by Crippen LogP contribution is -2.15. The Kier molecular flexibility index (Phi) is 12.9. The maximum Gasteiger partial charge on any atom is 0.335 e. The molecule has 1 saturated carbocycles. The van der Waals surface area contributed by atoms with E-state index >= 15 is 0 Å². The van der Waals surface area contributed by atoms with Gasteiger partial charge in [0.05, 0.1) is 24.4 Å². The smallest absolute Gasteiger partial charge is 0.335 e. The van der Waals surface area contributed by atoms with Crippen molar-refractivity contribution in [1.82, 2.24) is 0 Å². The van der Waals surface area contributed by atoms with Gasteiger partial charge < -0.3 is 29.2 Å². The van der Waals surface area contributed by atoms with Crippen LogP contribution in [-0.4, -0.2) is 61.8 Å². The van der Waals surface area contributed by atoms with E-state index in [2.05, 4.69) is 44.3 Å². The molecule has 8 nitrogen and oxygen atoms in total. The third-order valence-corrected chi connectivity index (χ3v) is 7.27. The Hall–Kier alpha value is -3.62. The van der Waals surface area contributed by atoms with Gasteiger partial charge in [0.2, 0.25) is 0 Å². The summed E-state index contributed by atoms with van der Waals surface area (Å²) in [6.07, 6.45) is 7.65. The number of aliphatic hydroxyl groups excluding tert-OH is 2. The number of benzene rings is 2. The lowest BCUT2D eigenvalue weighted by Gasteiger charge is -2.28. The van der Waals surface area contributed by atoms with Gasteiger partial charge in [0.1, 0.15) is 37.9 Å².